The van der Waals surface area contributed by atoms with Crippen LogP contribution in [0.15, 0.2) is 152 Å². The number of pyridine rings is 2. The molecule has 0 atom stereocenters. The number of hydrogen-bond acceptors (Lipinski definition) is 6. The van der Waals surface area contributed by atoms with E-state index in [1.807, 2.05) is 66.9 Å². The Labute approximate surface area is 275 Å². The summed E-state index contributed by atoms with van der Waals surface area (Å²) in [5.41, 5.74) is 6.47. The Morgan fingerprint density at radius 3 is 1.64 bits per heavy atom. The van der Waals surface area contributed by atoms with Gasteiger partial charge >= 0.3 is 0 Å². The highest BCUT2D eigenvalue weighted by atomic mass is 32.1. The van der Waals surface area contributed by atoms with Gasteiger partial charge in [-0.25, -0.2) is 19.9 Å². The first-order valence-corrected chi connectivity index (χ1v) is 16.2. The van der Waals surface area contributed by atoms with Crippen LogP contribution in [0.25, 0.3) is 87.8 Å². The summed E-state index contributed by atoms with van der Waals surface area (Å²) in [4.78, 5) is 24.8. The highest BCUT2D eigenvalue weighted by molar-refractivity contribution is 7.25. The monoisotopic (exact) mass is 619 g/mol. The average molecular weight is 620 g/mol. The quantitative estimate of drug-likeness (QED) is 0.192. The molecule has 4 heterocycles. The normalized spacial score (nSPS) is 11.4. The van der Waals surface area contributed by atoms with Crippen LogP contribution < -0.4 is 0 Å². The molecule has 0 aliphatic heterocycles. The molecule has 5 aromatic carbocycles. The van der Waals surface area contributed by atoms with E-state index in [1.165, 1.54) is 14.8 Å². The molecule has 0 unspecified atom stereocenters. The van der Waals surface area contributed by atoms with Gasteiger partial charge in [0.1, 0.15) is 0 Å². The van der Waals surface area contributed by atoms with E-state index in [2.05, 4.69) is 84.9 Å². The molecular formula is C41H25N5S. The zero-order valence-electron chi connectivity index (χ0n) is 25.1. The van der Waals surface area contributed by atoms with E-state index in [4.69, 9.17) is 24.9 Å². The molecule has 47 heavy (non-hydrogen) atoms. The minimum absolute atomic E-state index is 0.621. The van der Waals surface area contributed by atoms with E-state index in [9.17, 15) is 0 Å². The van der Waals surface area contributed by atoms with E-state index in [1.54, 1.807) is 11.3 Å². The topological polar surface area (TPSA) is 64.5 Å². The van der Waals surface area contributed by atoms with Crippen molar-refractivity contribution in [2.24, 2.45) is 0 Å². The predicted molar refractivity (Wildman–Crippen MR) is 193 cm³/mol. The molecule has 5 nitrogen and oxygen atoms in total. The van der Waals surface area contributed by atoms with Crippen LogP contribution in [-0.4, -0.2) is 24.9 Å². The molecule has 0 radical (unpaired) electrons. The van der Waals surface area contributed by atoms with Gasteiger partial charge in [-0.2, -0.15) is 0 Å². The molecule has 0 bridgehead atoms. The maximum Gasteiger partial charge on any atom is 0.164 e. The third-order valence-electron chi connectivity index (χ3n) is 8.39. The Bertz CT molecular complexity index is 2500. The lowest BCUT2D eigenvalue weighted by Crippen LogP contribution is -2.00. The average Bonchev–Trinajstić information content (AvgIpc) is 3.54. The van der Waals surface area contributed by atoms with E-state index < -0.39 is 0 Å². The molecule has 0 saturated heterocycles. The van der Waals surface area contributed by atoms with Gasteiger partial charge in [-0.15, -0.1) is 11.3 Å². The lowest BCUT2D eigenvalue weighted by atomic mass is 10.00. The second-order valence-corrected chi connectivity index (χ2v) is 12.4. The largest absolute Gasteiger partial charge is 0.254 e. The lowest BCUT2D eigenvalue weighted by molar-refractivity contribution is 1.07. The highest BCUT2D eigenvalue weighted by Gasteiger charge is 2.17. The van der Waals surface area contributed by atoms with Crippen molar-refractivity contribution in [3.05, 3.63) is 152 Å². The van der Waals surface area contributed by atoms with Crippen molar-refractivity contribution in [1.82, 2.24) is 24.9 Å². The molecule has 0 fully saturated rings. The Hall–Kier alpha value is -6.11. The van der Waals surface area contributed by atoms with Crippen molar-refractivity contribution in [1.29, 1.82) is 0 Å². The second-order valence-electron chi connectivity index (χ2n) is 11.3. The molecule has 4 aromatic heterocycles. The molecule has 0 N–H and O–H groups in total. The molecule has 9 aromatic rings. The van der Waals surface area contributed by atoms with E-state index in [0.717, 1.165) is 55.5 Å². The van der Waals surface area contributed by atoms with Gasteiger partial charge in [-0.3, -0.25) is 4.98 Å². The van der Waals surface area contributed by atoms with Crippen LogP contribution in [0, 0.1) is 0 Å². The first-order chi connectivity index (χ1) is 23.3. The molecule has 0 saturated carbocycles. The van der Waals surface area contributed by atoms with Gasteiger partial charge in [0.15, 0.2) is 17.5 Å². The number of rotatable bonds is 5. The summed E-state index contributed by atoms with van der Waals surface area (Å²) in [6.45, 7) is 0. The van der Waals surface area contributed by atoms with Crippen molar-refractivity contribution in [3.63, 3.8) is 0 Å². The van der Waals surface area contributed by atoms with Crippen molar-refractivity contribution >= 4 is 42.3 Å². The zero-order valence-corrected chi connectivity index (χ0v) is 25.9. The summed E-state index contributed by atoms with van der Waals surface area (Å²) < 4.78 is 2.46. The smallest absolute Gasteiger partial charge is 0.164 e. The van der Waals surface area contributed by atoms with Gasteiger partial charge in [0.25, 0.3) is 0 Å². The molecular weight excluding hydrogens is 595 g/mol. The zero-order chi connectivity index (χ0) is 31.2. The van der Waals surface area contributed by atoms with Gasteiger partial charge in [0.05, 0.1) is 17.1 Å². The van der Waals surface area contributed by atoms with Gasteiger partial charge in [0.2, 0.25) is 0 Å². The van der Waals surface area contributed by atoms with E-state index >= 15 is 0 Å². The maximum absolute atomic E-state index is 5.29. The van der Waals surface area contributed by atoms with Crippen LogP contribution in [0.3, 0.4) is 0 Å². The summed E-state index contributed by atoms with van der Waals surface area (Å²) in [5, 5.41) is 4.56. The van der Waals surface area contributed by atoms with Crippen LogP contribution in [-0.2, 0) is 0 Å². The molecule has 6 heteroatoms. The van der Waals surface area contributed by atoms with Crippen LogP contribution in [0.1, 0.15) is 0 Å². The van der Waals surface area contributed by atoms with Gasteiger partial charge in [0, 0.05) is 54.0 Å². The molecule has 0 aliphatic carbocycles. The summed E-state index contributed by atoms with van der Waals surface area (Å²) in [5.74, 6) is 1.90. The number of thiophene rings is 1. The Morgan fingerprint density at radius 2 is 0.957 bits per heavy atom. The second kappa shape index (κ2) is 11.4. The van der Waals surface area contributed by atoms with Crippen molar-refractivity contribution < 1.29 is 0 Å². The third-order valence-corrected chi connectivity index (χ3v) is 9.52. The third kappa shape index (κ3) is 4.92. The number of hydrogen-bond donors (Lipinski definition) is 0. The molecule has 220 valence electrons. The van der Waals surface area contributed by atoms with Crippen molar-refractivity contribution in [2.45, 2.75) is 0 Å². The number of benzene rings is 5. The summed E-state index contributed by atoms with van der Waals surface area (Å²) in [6.07, 6.45) is 1.89. The van der Waals surface area contributed by atoms with Crippen molar-refractivity contribution in [3.8, 4) is 56.8 Å². The van der Waals surface area contributed by atoms with Gasteiger partial charge < -0.3 is 0 Å². The van der Waals surface area contributed by atoms with Crippen LogP contribution in [0.2, 0.25) is 0 Å². The number of nitrogens with zero attached hydrogens (tertiary/aromatic N) is 5. The van der Waals surface area contributed by atoms with Crippen LogP contribution >= 0.6 is 11.3 Å². The maximum atomic E-state index is 5.29. The first kappa shape index (κ1) is 27.2. The minimum Gasteiger partial charge on any atom is -0.254 e. The fraction of sp³-hybridized carbons (Fsp3) is 0. The SMILES string of the molecule is c1ccc(-c2nc(-c3ccccc3)nc(-c3ccc(-c4nc(-c5nccc6sc7ccccc7c56)cc5ccccc45)cc3)n2)cc1. The Kier molecular flexibility index (Phi) is 6.58. The van der Waals surface area contributed by atoms with E-state index in [-0.39, 0.29) is 0 Å². The Balaban J connectivity index is 1.18. The van der Waals surface area contributed by atoms with Crippen LogP contribution in [0.5, 0.6) is 0 Å². The fourth-order valence-corrected chi connectivity index (χ4v) is 7.22. The van der Waals surface area contributed by atoms with E-state index in [0.29, 0.717) is 17.5 Å². The fourth-order valence-electron chi connectivity index (χ4n) is 6.12. The Morgan fingerprint density at radius 1 is 0.404 bits per heavy atom. The van der Waals surface area contributed by atoms with Gasteiger partial charge in [-0.05, 0) is 23.6 Å². The van der Waals surface area contributed by atoms with Gasteiger partial charge in [-0.1, -0.05) is 127 Å². The molecule has 0 spiro atoms. The van der Waals surface area contributed by atoms with Crippen LogP contribution in [0.4, 0.5) is 0 Å². The van der Waals surface area contributed by atoms with Crippen molar-refractivity contribution in [2.75, 3.05) is 0 Å². The first-order valence-electron chi connectivity index (χ1n) is 15.4. The highest BCUT2D eigenvalue weighted by Crippen LogP contribution is 2.40. The number of fused-ring (bicyclic) bond motifs is 4. The molecule has 0 amide bonds. The summed E-state index contributed by atoms with van der Waals surface area (Å²) >= 11 is 1.79. The standard InChI is InChI=1S/C41H25N5S/c1-3-11-27(12-4-1)39-44-40(28-13-5-2-6-14-28)46-41(45-39)29-21-19-26(20-22-29)37-31-16-8-7-15-30(31)25-33(43-37)38-36-32-17-9-10-18-34(32)47-35(36)23-24-42-38/h1-25H. The summed E-state index contributed by atoms with van der Waals surface area (Å²) in [6, 6.07) is 49.6. The number of aromatic nitrogens is 5. The molecule has 9 rings (SSSR count). The predicted octanol–water partition coefficient (Wildman–Crippen LogP) is 10.5. The minimum atomic E-state index is 0.621. The summed E-state index contributed by atoms with van der Waals surface area (Å²) in [7, 11) is 0. The molecule has 0 aliphatic rings. The lowest BCUT2D eigenvalue weighted by Gasteiger charge is -2.12.